The molecule has 1 aromatic heterocycles. The van der Waals surface area contributed by atoms with E-state index in [1.54, 1.807) is 10.4 Å². The van der Waals surface area contributed by atoms with Gasteiger partial charge in [-0.2, -0.15) is 4.31 Å². The smallest absolute Gasteiger partial charge is 0.252 e. The van der Waals surface area contributed by atoms with Crippen molar-refractivity contribution in [2.75, 3.05) is 13.1 Å². The average Bonchev–Trinajstić information content (AvgIpc) is 2.80. The first kappa shape index (κ1) is 15.9. The second-order valence-corrected chi connectivity index (χ2v) is 9.12. The maximum absolute atomic E-state index is 12.6. The van der Waals surface area contributed by atoms with Crippen molar-refractivity contribution in [2.45, 2.75) is 44.4 Å². The van der Waals surface area contributed by atoms with Crippen LogP contribution in [0.25, 0.3) is 0 Å². The zero-order valence-corrected chi connectivity index (χ0v) is 13.9. The summed E-state index contributed by atoms with van der Waals surface area (Å²) in [6.07, 6.45) is 1.88. The molecule has 0 radical (unpaired) electrons. The van der Waals surface area contributed by atoms with Crippen LogP contribution in [-0.2, 0) is 16.6 Å². The Balaban J connectivity index is 2.15. The van der Waals surface area contributed by atoms with Crippen molar-refractivity contribution in [3.63, 3.8) is 0 Å². The number of aryl methyl sites for hydroxylation is 1. The number of nitrogens with zero attached hydrogens (tertiary/aromatic N) is 1. The lowest BCUT2D eigenvalue weighted by molar-refractivity contribution is 0.227. The van der Waals surface area contributed by atoms with Gasteiger partial charge < -0.3 is 5.11 Å². The summed E-state index contributed by atoms with van der Waals surface area (Å²) in [5, 5.41) is 9.21. The molecule has 0 unspecified atom stereocenters. The first-order chi connectivity index (χ1) is 9.36. The van der Waals surface area contributed by atoms with E-state index in [4.69, 9.17) is 0 Å². The van der Waals surface area contributed by atoms with Gasteiger partial charge in [0.25, 0.3) is 10.0 Å². The van der Waals surface area contributed by atoms with Gasteiger partial charge in [0.05, 0.1) is 6.61 Å². The van der Waals surface area contributed by atoms with Crippen molar-refractivity contribution in [3.8, 4) is 0 Å². The predicted octanol–water partition coefficient (Wildman–Crippen LogP) is 2.61. The lowest BCUT2D eigenvalue weighted by atomic mass is 9.87. The Morgan fingerprint density at radius 2 is 2.00 bits per heavy atom. The first-order valence-electron chi connectivity index (χ1n) is 7.06. The highest BCUT2D eigenvalue weighted by Gasteiger charge is 2.31. The first-order valence-corrected chi connectivity index (χ1v) is 9.32. The Kier molecular flexibility index (Phi) is 4.89. The van der Waals surface area contributed by atoms with Gasteiger partial charge in [-0.1, -0.05) is 13.8 Å². The van der Waals surface area contributed by atoms with Crippen LogP contribution in [-0.4, -0.2) is 30.9 Å². The molecule has 0 atom stereocenters. The predicted molar refractivity (Wildman–Crippen MR) is 81.3 cm³/mol. The summed E-state index contributed by atoms with van der Waals surface area (Å²) < 4.78 is 27.2. The molecule has 1 aliphatic rings. The van der Waals surface area contributed by atoms with Crippen LogP contribution >= 0.6 is 11.3 Å². The Bertz CT molecular complexity index is 555. The molecule has 4 nitrogen and oxygen atoms in total. The maximum atomic E-state index is 12.6. The maximum Gasteiger partial charge on any atom is 0.252 e. The number of rotatable bonds is 4. The fraction of sp³-hybridized carbons (Fsp3) is 0.714. The molecule has 0 spiro atoms. The molecule has 1 fully saturated rings. The van der Waals surface area contributed by atoms with E-state index in [0.29, 0.717) is 29.1 Å². The summed E-state index contributed by atoms with van der Waals surface area (Å²) in [5.41, 5.74) is 0.855. The second-order valence-electron chi connectivity index (χ2n) is 5.82. The third kappa shape index (κ3) is 3.08. The minimum atomic E-state index is -3.38. The van der Waals surface area contributed by atoms with Gasteiger partial charge in [-0.3, -0.25) is 0 Å². The average molecular weight is 317 g/mol. The lowest BCUT2D eigenvalue weighted by Gasteiger charge is -2.32. The van der Waals surface area contributed by atoms with Crippen LogP contribution in [0.15, 0.2) is 10.3 Å². The normalized spacial score (nSPS) is 18.9. The Morgan fingerprint density at radius 3 is 2.45 bits per heavy atom. The molecule has 1 aromatic rings. The Morgan fingerprint density at radius 1 is 1.40 bits per heavy atom. The largest absolute Gasteiger partial charge is 0.391 e. The number of sulfonamides is 1. The molecular formula is C14H23NO3S2. The third-order valence-electron chi connectivity index (χ3n) is 4.18. The molecule has 0 bridgehead atoms. The lowest BCUT2D eigenvalue weighted by Crippen LogP contribution is -2.39. The summed E-state index contributed by atoms with van der Waals surface area (Å²) in [5.74, 6) is 1.24. The van der Waals surface area contributed by atoms with Crippen molar-refractivity contribution in [1.29, 1.82) is 0 Å². The number of hydrogen-bond acceptors (Lipinski definition) is 4. The van der Waals surface area contributed by atoms with E-state index in [1.165, 1.54) is 11.3 Å². The number of aliphatic hydroxyl groups is 1. The summed E-state index contributed by atoms with van der Waals surface area (Å²) >= 11 is 1.19. The van der Waals surface area contributed by atoms with E-state index in [9.17, 15) is 13.5 Å². The van der Waals surface area contributed by atoms with Crippen LogP contribution in [0.3, 0.4) is 0 Å². The van der Waals surface area contributed by atoms with Crippen molar-refractivity contribution in [2.24, 2.45) is 11.8 Å². The van der Waals surface area contributed by atoms with Gasteiger partial charge in [-0.25, -0.2) is 8.42 Å². The molecule has 0 saturated carbocycles. The van der Waals surface area contributed by atoms with Gasteiger partial charge in [-0.15, -0.1) is 11.3 Å². The molecule has 6 heteroatoms. The van der Waals surface area contributed by atoms with Crippen LogP contribution in [0.1, 0.15) is 37.1 Å². The van der Waals surface area contributed by atoms with Crippen molar-refractivity contribution >= 4 is 21.4 Å². The summed E-state index contributed by atoms with van der Waals surface area (Å²) in [7, 11) is -3.38. The Labute approximate surface area is 125 Å². The number of piperidine rings is 1. The van der Waals surface area contributed by atoms with Crippen LogP contribution in [0.4, 0.5) is 0 Å². The number of hydrogen-bond donors (Lipinski definition) is 1. The Hall–Kier alpha value is -0.430. The van der Waals surface area contributed by atoms with Gasteiger partial charge in [0.15, 0.2) is 0 Å². The van der Waals surface area contributed by atoms with Crippen LogP contribution in [0, 0.1) is 18.8 Å². The van der Waals surface area contributed by atoms with Crippen molar-refractivity contribution in [1.82, 2.24) is 4.31 Å². The monoisotopic (exact) mass is 317 g/mol. The minimum Gasteiger partial charge on any atom is -0.391 e. The molecule has 1 N–H and O–H groups in total. The van der Waals surface area contributed by atoms with E-state index in [0.717, 1.165) is 23.3 Å². The van der Waals surface area contributed by atoms with Crippen molar-refractivity contribution in [3.05, 3.63) is 16.5 Å². The number of aliphatic hydroxyl groups excluding tert-OH is 1. The summed E-state index contributed by atoms with van der Waals surface area (Å²) in [4.78, 5) is 0.737. The molecule has 0 amide bonds. The molecule has 1 saturated heterocycles. The quantitative estimate of drug-likeness (QED) is 0.928. The fourth-order valence-corrected chi connectivity index (χ4v) is 5.76. The van der Waals surface area contributed by atoms with Crippen LogP contribution in [0.2, 0.25) is 0 Å². The van der Waals surface area contributed by atoms with E-state index >= 15 is 0 Å². The number of thiophene rings is 1. The van der Waals surface area contributed by atoms with E-state index < -0.39 is 10.0 Å². The highest BCUT2D eigenvalue weighted by Crippen LogP contribution is 2.32. The van der Waals surface area contributed by atoms with Crippen LogP contribution < -0.4 is 0 Å². The molecule has 1 aliphatic heterocycles. The zero-order chi connectivity index (χ0) is 14.9. The van der Waals surface area contributed by atoms with E-state index in [1.807, 2.05) is 6.92 Å². The van der Waals surface area contributed by atoms with E-state index in [-0.39, 0.29) is 6.61 Å². The van der Waals surface area contributed by atoms with Gasteiger partial charge in [0.1, 0.15) is 4.21 Å². The topological polar surface area (TPSA) is 57.6 Å². The molecule has 2 heterocycles. The third-order valence-corrected chi connectivity index (χ3v) is 7.75. The SMILES string of the molecule is Cc1cc(S(=O)(=O)N2CCC(C(C)C)CC2)sc1CO. The van der Waals surface area contributed by atoms with Gasteiger partial charge in [0, 0.05) is 18.0 Å². The molecule has 114 valence electrons. The highest BCUT2D eigenvalue weighted by atomic mass is 32.2. The zero-order valence-electron chi connectivity index (χ0n) is 12.3. The molecule has 0 aromatic carbocycles. The molecule has 2 rings (SSSR count). The standard InChI is InChI=1S/C14H23NO3S2/c1-10(2)12-4-6-15(7-5-12)20(17,18)14-8-11(3)13(9-16)19-14/h8,10,12,16H,4-7,9H2,1-3H3. The minimum absolute atomic E-state index is 0.0958. The molecule has 0 aliphatic carbocycles. The second kappa shape index (κ2) is 6.13. The van der Waals surface area contributed by atoms with Crippen molar-refractivity contribution < 1.29 is 13.5 Å². The van der Waals surface area contributed by atoms with Gasteiger partial charge >= 0.3 is 0 Å². The molecule has 20 heavy (non-hydrogen) atoms. The van der Waals surface area contributed by atoms with E-state index in [2.05, 4.69) is 13.8 Å². The molecular weight excluding hydrogens is 294 g/mol. The summed E-state index contributed by atoms with van der Waals surface area (Å²) in [6, 6.07) is 1.68. The van der Waals surface area contributed by atoms with Crippen LogP contribution in [0.5, 0.6) is 0 Å². The summed E-state index contributed by atoms with van der Waals surface area (Å²) in [6.45, 7) is 7.36. The highest BCUT2D eigenvalue weighted by molar-refractivity contribution is 7.91. The van der Waals surface area contributed by atoms with Gasteiger partial charge in [0.2, 0.25) is 0 Å². The van der Waals surface area contributed by atoms with Gasteiger partial charge in [-0.05, 0) is 43.2 Å². The fourth-order valence-electron chi connectivity index (χ4n) is 2.68.